The number of para-hydroxylation sites is 1. The Hall–Kier alpha value is -2.51. The fourth-order valence-electron chi connectivity index (χ4n) is 2.56. The van der Waals surface area contributed by atoms with Crippen LogP contribution in [0.25, 0.3) is 0 Å². The van der Waals surface area contributed by atoms with Gasteiger partial charge < -0.3 is 9.84 Å². The van der Waals surface area contributed by atoms with Crippen molar-refractivity contribution in [1.82, 2.24) is 15.9 Å². The summed E-state index contributed by atoms with van der Waals surface area (Å²) in [7, 11) is 1.71. The predicted molar refractivity (Wildman–Crippen MR) is 119 cm³/mol. The van der Waals surface area contributed by atoms with E-state index in [4.69, 9.17) is 9.02 Å². The Morgan fingerprint density at radius 1 is 1.13 bits per heavy atom. The van der Waals surface area contributed by atoms with Gasteiger partial charge in [0.05, 0.1) is 24.3 Å². The van der Waals surface area contributed by atoms with E-state index >= 15 is 0 Å². The molecule has 31 heavy (non-hydrogen) atoms. The Morgan fingerprint density at radius 3 is 2.45 bits per heavy atom. The van der Waals surface area contributed by atoms with Gasteiger partial charge in [0.25, 0.3) is 11.8 Å². The van der Waals surface area contributed by atoms with E-state index in [2.05, 4.69) is 10.9 Å². The van der Waals surface area contributed by atoms with Crippen molar-refractivity contribution in [3.05, 3.63) is 59.4 Å². The smallest absolute Gasteiger partial charge is 0.273 e. The molecule has 1 aliphatic rings. The van der Waals surface area contributed by atoms with Crippen LogP contribution in [-0.4, -0.2) is 55.3 Å². The van der Waals surface area contributed by atoms with Crippen molar-refractivity contribution < 1.29 is 28.1 Å². The molecule has 12 heteroatoms. The second-order valence-corrected chi connectivity index (χ2v) is 7.12. The fourth-order valence-corrected chi connectivity index (χ4v) is 3.10. The largest absolute Gasteiger partial charge is 0.507 e. The highest BCUT2D eigenvalue weighted by atomic mass is 32.2. The Balaban J connectivity index is 0.00000341. The minimum absolute atomic E-state index is 0. The quantitative estimate of drug-likeness (QED) is 0.335. The van der Waals surface area contributed by atoms with Crippen molar-refractivity contribution in [1.29, 1.82) is 0 Å². The van der Waals surface area contributed by atoms with Gasteiger partial charge in [0.15, 0.2) is 0 Å². The summed E-state index contributed by atoms with van der Waals surface area (Å²) < 4.78 is 26.6. The molecule has 0 radical (unpaired) electrons. The van der Waals surface area contributed by atoms with Crippen LogP contribution in [0.15, 0.2) is 42.5 Å². The normalized spacial score (nSPS) is 13.7. The number of hydrogen-bond acceptors (Lipinski definition) is 8. The van der Waals surface area contributed by atoms with Crippen molar-refractivity contribution in [2.75, 3.05) is 37.7 Å². The van der Waals surface area contributed by atoms with Crippen molar-refractivity contribution in [3.63, 3.8) is 0 Å². The minimum Gasteiger partial charge on any atom is -0.507 e. The van der Waals surface area contributed by atoms with E-state index in [0.29, 0.717) is 32.0 Å². The van der Waals surface area contributed by atoms with Crippen LogP contribution in [0.5, 0.6) is 5.75 Å². The van der Waals surface area contributed by atoms with Crippen LogP contribution >= 0.6 is 25.7 Å². The summed E-state index contributed by atoms with van der Waals surface area (Å²) in [6.07, 6.45) is 0. The molecule has 2 amide bonds. The van der Waals surface area contributed by atoms with Crippen LogP contribution in [0.1, 0.15) is 20.7 Å². The van der Waals surface area contributed by atoms with E-state index in [0.717, 1.165) is 18.3 Å². The Kier molecular flexibility index (Phi) is 9.40. The number of aromatic hydroxyl groups is 1. The first-order chi connectivity index (χ1) is 14.5. The summed E-state index contributed by atoms with van der Waals surface area (Å²) in [5, 5.41) is 11.4. The molecule has 0 unspecified atom stereocenters. The lowest BCUT2D eigenvalue weighted by Gasteiger charge is -2.27. The third-order valence-electron chi connectivity index (χ3n) is 4.22. The van der Waals surface area contributed by atoms with Gasteiger partial charge in [-0.3, -0.25) is 24.7 Å². The fraction of sp³-hybridized carbons (Fsp3) is 0.263. The maximum Gasteiger partial charge on any atom is 0.273 e. The topological polar surface area (TPSA) is 103 Å². The molecule has 0 atom stereocenters. The Morgan fingerprint density at radius 2 is 1.77 bits per heavy atom. The average molecular weight is 471 g/mol. The molecular weight excluding hydrogens is 447 g/mol. The SMILES string of the molecule is CN(SON1CCOCC1)c1ccc(F)c(C(=O)NNC(=O)c2ccccc2O)c1.S. The van der Waals surface area contributed by atoms with Gasteiger partial charge in [-0.25, -0.2) is 8.67 Å². The Labute approximate surface area is 190 Å². The van der Waals surface area contributed by atoms with E-state index in [9.17, 15) is 19.1 Å². The molecule has 2 aromatic carbocycles. The van der Waals surface area contributed by atoms with Gasteiger partial charge in [0, 0.05) is 25.8 Å². The number of phenolic OH excluding ortho intramolecular Hbond substituents is 1. The number of morpholine rings is 1. The maximum absolute atomic E-state index is 14.2. The molecule has 1 fully saturated rings. The zero-order valence-electron chi connectivity index (χ0n) is 16.6. The van der Waals surface area contributed by atoms with E-state index < -0.39 is 17.6 Å². The highest BCUT2D eigenvalue weighted by molar-refractivity contribution is 7.96. The lowest BCUT2D eigenvalue weighted by Crippen LogP contribution is -2.42. The van der Waals surface area contributed by atoms with Crippen LogP contribution in [0.4, 0.5) is 10.1 Å². The average Bonchev–Trinajstić information content (AvgIpc) is 2.77. The summed E-state index contributed by atoms with van der Waals surface area (Å²) in [6.45, 7) is 2.43. The summed E-state index contributed by atoms with van der Waals surface area (Å²) in [6, 6.07) is 9.84. The second kappa shape index (κ2) is 11.8. The summed E-state index contributed by atoms with van der Waals surface area (Å²) in [5.74, 6) is -2.56. The van der Waals surface area contributed by atoms with Gasteiger partial charge in [0.1, 0.15) is 23.8 Å². The third-order valence-corrected chi connectivity index (χ3v) is 4.93. The number of carbonyl (C=O) groups excluding carboxylic acids is 2. The molecule has 1 aliphatic heterocycles. The highest BCUT2D eigenvalue weighted by Crippen LogP contribution is 2.25. The van der Waals surface area contributed by atoms with Crippen LogP contribution in [-0.2, 0) is 9.02 Å². The number of phenols is 1. The first-order valence-electron chi connectivity index (χ1n) is 9.05. The van der Waals surface area contributed by atoms with Crippen molar-refractivity contribution in [2.45, 2.75) is 0 Å². The lowest BCUT2D eigenvalue weighted by molar-refractivity contribution is -0.105. The molecule has 9 nitrogen and oxygen atoms in total. The first kappa shape index (κ1) is 24.8. The number of anilines is 1. The van der Waals surface area contributed by atoms with Crippen LogP contribution in [0, 0.1) is 5.82 Å². The highest BCUT2D eigenvalue weighted by Gasteiger charge is 2.18. The monoisotopic (exact) mass is 470 g/mol. The van der Waals surface area contributed by atoms with Crippen molar-refractivity contribution >= 4 is 43.2 Å². The van der Waals surface area contributed by atoms with Gasteiger partial charge in [-0.1, -0.05) is 12.1 Å². The van der Waals surface area contributed by atoms with Crippen LogP contribution < -0.4 is 15.2 Å². The van der Waals surface area contributed by atoms with E-state index in [1.165, 1.54) is 24.3 Å². The predicted octanol–water partition coefficient (Wildman–Crippen LogP) is 1.98. The zero-order chi connectivity index (χ0) is 21.5. The number of benzene rings is 2. The number of rotatable bonds is 6. The number of hydrogen-bond donors (Lipinski definition) is 3. The van der Waals surface area contributed by atoms with Gasteiger partial charge >= 0.3 is 0 Å². The van der Waals surface area contributed by atoms with E-state index in [-0.39, 0.29) is 30.4 Å². The third kappa shape index (κ3) is 6.74. The molecule has 1 heterocycles. The molecule has 2 aromatic rings. The summed E-state index contributed by atoms with van der Waals surface area (Å²) >= 11 is 1.03. The number of nitrogens with one attached hydrogen (secondary N) is 2. The van der Waals surface area contributed by atoms with Crippen molar-refractivity contribution in [3.8, 4) is 5.75 Å². The standard InChI is InChI=1S/C19H21FN4O5S.H2S/c1-23(30-29-24-8-10-28-11-9-24)13-6-7-16(20)15(12-13)19(27)22-21-18(26)14-4-2-3-5-17(14)25;/h2-7,12,25H,8-11H2,1H3,(H,21,26)(H,22,27);1H2. The van der Waals surface area contributed by atoms with Gasteiger partial charge in [-0.2, -0.15) is 18.6 Å². The van der Waals surface area contributed by atoms with E-state index in [1.54, 1.807) is 28.5 Å². The Bertz CT molecular complexity index is 915. The number of halogens is 1. The molecule has 0 aromatic heterocycles. The summed E-state index contributed by atoms with van der Waals surface area (Å²) in [4.78, 5) is 24.4. The zero-order valence-corrected chi connectivity index (χ0v) is 18.4. The molecule has 0 aliphatic carbocycles. The van der Waals surface area contributed by atoms with E-state index in [1.807, 2.05) is 0 Å². The number of hydrazine groups is 1. The molecule has 3 rings (SSSR count). The van der Waals surface area contributed by atoms with Crippen LogP contribution in [0.3, 0.4) is 0 Å². The number of amides is 2. The number of carbonyl (C=O) groups is 2. The molecule has 0 bridgehead atoms. The van der Waals surface area contributed by atoms with Gasteiger partial charge in [0.2, 0.25) is 0 Å². The molecular formula is C19H23FN4O5S2. The first-order valence-corrected chi connectivity index (χ1v) is 9.75. The van der Waals surface area contributed by atoms with Crippen molar-refractivity contribution in [2.24, 2.45) is 0 Å². The molecule has 0 spiro atoms. The molecule has 3 N–H and O–H groups in total. The lowest BCUT2D eigenvalue weighted by atomic mass is 10.1. The van der Waals surface area contributed by atoms with Crippen LogP contribution in [0.2, 0.25) is 0 Å². The number of nitrogens with zero attached hydrogens (tertiary/aromatic N) is 2. The minimum atomic E-state index is -0.842. The van der Waals surface area contributed by atoms with Gasteiger partial charge in [-0.15, -0.1) is 0 Å². The summed E-state index contributed by atoms with van der Waals surface area (Å²) in [5.41, 5.74) is 4.54. The van der Waals surface area contributed by atoms with Gasteiger partial charge in [-0.05, 0) is 30.3 Å². The molecule has 168 valence electrons. The molecule has 0 saturated carbocycles. The maximum atomic E-state index is 14.2. The molecule has 1 saturated heterocycles. The second-order valence-electron chi connectivity index (χ2n) is 6.28. The number of hydroxylamine groups is 2. The number of ether oxygens (including phenoxy) is 1.